The molecule has 84 valence electrons. The topological polar surface area (TPSA) is 26.0 Å². The molecule has 15 heavy (non-hydrogen) atoms. The molecule has 1 atom stereocenters. The molecule has 0 spiro atoms. The molecular formula is C12H17BrFN. The van der Waals surface area contributed by atoms with E-state index in [0.29, 0.717) is 10.4 Å². The molecule has 2 N–H and O–H groups in total. The summed E-state index contributed by atoms with van der Waals surface area (Å²) >= 11 is 3.24. The summed E-state index contributed by atoms with van der Waals surface area (Å²) in [5.41, 5.74) is 6.93. The van der Waals surface area contributed by atoms with Crippen LogP contribution >= 0.6 is 15.9 Å². The SMILES string of the molecule is CC(C)CC(N)Cc1cccc(F)c1Br. The fourth-order valence-electron chi connectivity index (χ4n) is 1.68. The van der Waals surface area contributed by atoms with Gasteiger partial charge in [0.1, 0.15) is 5.82 Å². The maximum atomic E-state index is 13.2. The Balaban J connectivity index is 2.68. The first-order valence-electron chi connectivity index (χ1n) is 5.19. The summed E-state index contributed by atoms with van der Waals surface area (Å²) < 4.78 is 13.8. The molecular weight excluding hydrogens is 257 g/mol. The predicted molar refractivity (Wildman–Crippen MR) is 65.2 cm³/mol. The maximum absolute atomic E-state index is 13.2. The minimum Gasteiger partial charge on any atom is -0.327 e. The zero-order valence-electron chi connectivity index (χ0n) is 9.13. The third kappa shape index (κ3) is 3.92. The zero-order chi connectivity index (χ0) is 11.4. The fourth-order valence-corrected chi connectivity index (χ4v) is 2.10. The van der Waals surface area contributed by atoms with Gasteiger partial charge in [0, 0.05) is 6.04 Å². The molecule has 0 saturated heterocycles. The van der Waals surface area contributed by atoms with Crippen molar-refractivity contribution in [1.82, 2.24) is 0 Å². The Labute approximate surface area is 99.0 Å². The first-order chi connectivity index (χ1) is 7.00. The third-order valence-electron chi connectivity index (χ3n) is 2.29. The normalized spacial score (nSPS) is 13.2. The van der Waals surface area contributed by atoms with Crippen molar-refractivity contribution < 1.29 is 4.39 Å². The van der Waals surface area contributed by atoms with Gasteiger partial charge in [0.05, 0.1) is 4.47 Å². The second-order valence-electron chi connectivity index (χ2n) is 4.31. The van der Waals surface area contributed by atoms with E-state index in [2.05, 4.69) is 29.8 Å². The molecule has 3 heteroatoms. The van der Waals surface area contributed by atoms with Crippen LogP contribution in [-0.4, -0.2) is 6.04 Å². The Morgan fingerprint density at radius 1 is 1.40 bits per heavy atom. The third-order valence-corrected chi connectivity index (χ3v) is 3.18. The number of halogens is 2. The van der Waals surface area contributed by atoms with Gasteiger partial charge in [-0.05, 0) is 46.3 Å². The van der Waals surface area contributed by atoms with Crippen LogP contribution in [0.1, 0.15) is 25.8 Å². The van der Waals surface area contributed by atoms with Crippen LogP contribution in [0, 0.1) is 11.7 Å². The quantitative estimate of drug-likeness (QED) is 0.893. The lowest BCUT2D eigenvalue weighted by atomic mass is 9.98. The number of hydrogen-bond acceptors (Lipinski definition) is 1. The van der Waals surface area contributed by atoms with Gasteiger partial charge in [-0.2, -0.15) is 0 Å². The molecule has 0 aliphatic rings. The largest absolute Gasteiger partial charge is 0.327 e. The molecule has 1 unspecified atom stereocenters. The highest BCUT2D eigenvalue weighted by Crippen LogP contribution is 2.22. The van der Waals surface area contributed by atoms with Crippen molar-refractivity contribution >= 4 is 15.9 Å². The average Bonchev–Trinajstić information content (AvgIpc) is 2.11. The summed E-state index contributed by atoms with van der Waals surface area (Å²) in [6.45, 7) is 4.28. The standard InChI is InChI=1S/C12H17BrFN/c1-8(2)6-10(15)7-9-4-3-5-11(14)12(9)13/h3-5,8,10H,6-7,15H2,1-2H3. The lowest BCUT2D eigenvalue weighted by molar-refractivity contribution is 0.492. The molecule has 1 rings (SSSR count). The molecule has 0 aliphatic carbocycles. The van der Waals surface area contributed by atoms with Crippen molar-refractivity contribution in [3.05, 3.63) is 34.1 Å². The van der Waals surface area contributed by atoms with Crippen molar-refractivity contribution in [3.63, 3.8) is 0 Å². The monoisotopic (exact) mass is 273 g/mol. The van der Waals surface area contributed by atoms with Gasteiger partial charge in [-0.25, -0.2) is 4.39 Å². The van der Waals surface area contributed by atoms with E-state index in [4.69, 9.17) is 5.73 Å². The summed E-state index contributed by atoms with van der Waals surface area (Å²) in [5, 5.41) is 0. The van der Waals surface area contributed by atoms with Crippen LogP contribution in [0.25, 0.3) is 0 Å². The van der Waals surface area contributed by atoms with Gasteiger partial charge in [-0.3, -0.25) is 0 Å². The first-order valence-corrected chi connectivity index (χ1v) is 5.98. The highest BCUT2D eigenvalue weighted by Gasteiger charge is 2.10. The van der Waals surface area contributed by atoms with Gasteiger partial charge in [-0.1, -0.05) is 26.0 Å². The van der Waals surface area contributed by atoms with Crippen LogP contribution in [0.4, 0.5) is 4.39 Å². The molecule has 0 amide bonds. The van der Waals surface area contributed by atoms with Gasteiger partial charge in [-0.15, -0.1) is 0 Å². The summed E-state index contributed by atoms with van der Waals surface area (Å²) in [6.07, 6.45) is 1.68. The minimum absolute atomic E-state index is 0.100. The van der Waals surface area contributed by atoms with Gasteiger partial charge in [0.25, 0.3) is 0 Å². The van der Waals surface area contributed by atoms with E-state index in [1.54, 1.807) is 6.07 Å². The molecule has 0 saturated carbocycles. The van der Waals surface area contributed by atoms with E-state index < -0.39 is 0 Å². The Morgan fingerprint density at radius 3 is 2.67 bits per heavy atom. The van der Waals surface area contributed by atoms with Gasteiger partial charge in [0.2, 0.25) is 0 Å². The average molecular weight is 274 g/mol. The van der Waals surface area contributed by atoms with Gasteiger partial charge >= 0.3 is 0 Å². The zero-order valence-corrected chi connectivity index (χ0v) is 10.7. The van der Waals surface area contributed by atoms with Crippen LogP contribution in [-0.2, 0) is 6.42 Å². The van der Waals surface area contributed by atoms with Crippen molar-refractivity contribution in [1.29, 1.82) is 0 Å². The second-order valence-corrected chi connectivity index (χ2v) is 5.10. The minimum atomic E-state index is -0.218. The first kappa shape index (κ1) is 12.7. The van der Waals surface area contributed by atoms with Gasteiger partial charge in [0.15, 0.2) is 0 Å². The molecule has 0 aliphatic heterocycles. The molecule has 1 nitrogen and oxygen atoms in total. The van der Waals surface area contributed by atoms with E-state index in [9.17, 15) is 4.39 Å². The molecule has 0 bridgehead atoms. The number of benzene rings is 1. The van der Waals surface area contributed by atoms with E-state index in [-0.39, 0.29) is 11.9 Å². The van der Waals surface area contributed by atoms with E-state index in [1.807, 2.05) is 6.07 Å². The lowest BCUT2D eigenvalue weighted by Gasteiger charge is -2.15. The molecule has 0 aromatic heterocycles. The summed E-state index contributed by atoms with van der Waals surface area (Å²) in [7, 11) is 0. The van der Waals surface area contributed by atoms with Crippen LogP contribution in [0.5, 0.6) is 0 Å². The fraction of sp³-hybridized carbons (Fsp3) is 0.500. The number of rotatable bonds is 4. The predicted octanol–water partition coefficient (Wildman–Crippen LogP) is 3.50. The highest BCUT2D eigenvalue weighted by atomic mass is 79.9. The maximum Gasteiger partial charge on any atom is 0.137 e. The molecule has 0 radical (unpaired) electrons. The Bertz CT molecular complexity index is 325. The molecule has 0 fully saturated rings. The Kier molecular flexibility index (Phi) is 4.74. The summed E-state index contributed by atoms with van der Waals surface area (Å²) in [5.74, 6) is 0.358. The summed E-state index contributed by atoms with van der Waals surface area (Å²) in [4.78, 5) is 0. The molecule has 1 aromatic rings. The van der Waals surface area contributed by atoms with Crippen LogP contribution in [0.15, 0.2) is 22.7 Å². The van der Waals surface area contributed by atoms with Crippen molar-refractivity contribution in [2.24, 2.45) is 11.7 Å². The van der Waals surface area contributed by atoms with E-state index in [1.165, 1.54) is 6.07 Å². The second kappa shape index (κ2) is 5.61. The highest BCUT2D eigenvalue weighted by molar-refractivity contribution is 9.10. The smallest absolute Gasteiger partial charge is 0.137 e. The Hall–Kier alpha value is -0.410. The van der Waals surface area contributed by atoms with Crippen LogP contribution in [0.2, 0.25) is 0 Å². The number of hydrogen-bond donors (Lipinski definition) is 1. The van der Waals surface area contributed by atoms with Crippen molar-refractivity contribution in [2.45, 2.75) is 32.7 Å². The summed E-state index contributed by atoms with van der Waals surface area (Å²) in [6, 6.07) is 5.18. The lowest BCUT2D eigenvalue weighted by Crippen LogP contribution is -2.24. The van der Waals surface area contributed by atoms with Gasteiger partial charge < -0.3 is 5.73 Å². The Morgan fingerprint density at radius 2 is 2.07 bits per heavy atom. The van der Waals surface area contributed by atoms with Crippen LogP contribution < -0.4 is 5.73 Å². The number of nitrogens with two attached hydrogens (primary N) is 1. The van der Waals surface area contributed by atoms with Crippen molar-refractivity contribution in [2.75, 3.05) is 0 Å². The molecule has 1 aromatic carbocycles. The van der Waals surface area contributed by atoms with Crippen LogP contribution in [0.3, 0.4) is 0 Å². The van der Waals surface area contributed by atoms with Crippen molar-refractivity contribution in [3.8, 4) is 0 Å². The van der Waals surface area contributed by atoms with E-state index in [0.717, 1.165) is 18.4 Å². The molecule has 0 heterocycles. The van der Waals surface area contributed by atoms with E-state index >= 15 is 0 Å².